The summed E-state index contributed by atoms with van der Waals surface area (Å²) in [5, 5.41) is 0. The first kappa shape index (κ1) is 13.6. The van der Waals surface area contributed by atoms with E-state index in [1.165, 1.54) is 0 Å². The van der Waals surface area contributed by atoms with E-state index < -0.39 is 5.41 Å². The van der Waals surface area contributed by atoms with Crippen molar-refractivity contribution in [3.8, 4) is 0 Å². The van der Waals surface area contributed by atoms with Crippen LogP contribution in [0.3, 0.4) is 0 Å². The van der Waals surface area contributed by atoms with Crippen LogP contribution in [0, 0.1) is 5.41 Å². The molecule has 0 unspecified atom stereocenters. The van der Waals surface area contributed by atoms with Crippen LogP contribution in [-0.2, 0) is 14.3 Å². The average Bonchev–Trinajstić information content (AvgIpc) is 2.93. The highest BCUT2D eigenvalue weighted by Gasteiger charge is 2.46. The Morgan fingerprint density at radius 2 is 2.20 bits per heavy atom. The van der Waals surface area contributed by atoms with Crippen LogP contribution in [0.5, 0.6) is 0 Å². The van der Waals surface area contributed by atoms with E-state index >= 15 is 0 Å². The molecule has 0 aromatic rings. The molecule has 3 heteroatoms. The van der Waals surface area contributed by atoms with Crippen molar-refractivity contribution in [2.75, 3.05) is 0 Å². The van der Waals surface area contributed by atoms with Crippen LogP contribution >= 0.6 is 0 Å². The van der Waals surface area contributed by atoms with Gasteiger partial charge in [-0.3, -0.25) is 4.79 Å². The molecule has 1 aliphatic carbocycles. The van der Waals surface area contributed by atoms with Gasteiger partial charge in [0.2, 0.25) is 0 Å². The zero-order chi connectivity index (χ0) is 14.5. The van der Waals surface area contributed by atoms with E-state index in [9.17, 15) is 4.79 Å². The predicted octanol–water partition coefficient (Wildman–Crippen LogP) is 3.67. The zero-order valence-electron chi connectivity index (χ0n) is 12.7. The molecule has 0 aromatic carbocycles. The van der Waals surface area contributed by atoms with Gasteiger partial charge < -0.3 is 9.47 Å². The number of esters is 1. The molecule has 2 heterocycles. The fourth-order valence-corrected chi connectivity index (χ4v) is 3.05. The van der Waals surface area contributed by atoms with Crippen LogP contribution in [0.4, 0.5) is 0 Å². The third-order valence-corrected chi connectivity index (χ3v) is 4.28. The summed E-state index contributed by atoms with van der Waals surface area (Å²) in [4.78, 5) is 12.2. The second kappa shape index (κ2) is 4.32. The molecule has 1 spiro atoms. The average molecular weight is 274 g/mol. The minimum atomic E-state index is -0.497. The summed E-state index contributed by atoms with van der Waals surface area (Å²) < 4.78 is 11.9. The van der Waals surface area contributed by atoms with Gasteiger partial charge in [0.1, 0.15) is 11.4 Å². The van der Waals surface area contributed by atoms with Gasteiger partial charge in [-0.1, -0.05) is 6.08 Å². The first-order valence-corrected chi connectivity index (χ1v) is 7.33. The van der Waals surface area contributed by atoms with Gasteiger partial charge in [-0.2, -0.15) is 0 Å². The van der Waals surface area contributed by atoms with Gasteiger partial charge in [0.05, 0.1) is 11.5 Å². The van der Waals surface area contributed by atoms with Crippen LogP contribution in [0.2, 0.25) is 0 Å². The highest BCUT2D eigenvalue weighted by atomic mass is 16.5. The number of carbonyl (C=O) groups excluding carboxylic acids is 1. The summed E-state index contributed by atoms with van der Waals surface area (Å²) in [6.45, 7) is 7.66. The molecule has 3 rings (SSSR count). The summed E-state index contributed by atoms with van der Waals surface area (Å²) in [5.74, 6) is 0.527. The van der Waals surface area contributed by atoms with Gasteiger partial charge in [0.15, 0.2) is 0 Å². The smallest absolute Gasteiger partial charge is 0.316 e. The molecule has 0 N–H and O–H groups in total. The number of allylic oxidation sites excluding steroid dienone is 1. The number of rotatable bonds is 1. The summed E-state index contributed by atoms with van der Waals surface area (Å²) in [7, 11) is 0. The zero-order valence-corrected chi connectivity index (χ0v) is 12.7. The van der Waals surface area contributed by atoms with E-state index in [4.69, 9.17) is 9.47 Å². The van der Waals surface area contributed by atoms with Crippen molar-refractivity contribution in [2.24, 2.45) is 5.41 Å². The van der Waals surface area contributed by atoms with Crippen LogP contribution in [0.1, 0.15) is 47.0 Å². The van der Waals surface area contributed by atoms with Crippen molar-refractivity contribution in [3.05, 3.63) is 35.1 Å². The lowest BCUT2D eigenvalue weighted by molar-refractivity contribution is -0.148. The number of hydrogen-bond donors (Lipinski definition) is 0. The Morgan fingerprint density at radius 1 is 1.45 bits per heavy atom. The molecule has 2 aliphatic heterocycles. The maximum absolute atomic E-state index is 12.2. The molecule has 0 aromatic heterocycles. The molecular weight excluding hydrogens is 252 g/mol. The fourth-order valence-electron chi connectivity index (χ4n) is 3.05. The molecule has 0 radical (unpaired) electrons. The molecule has 1 saturated carbocycles. The topological polar surface area (TPSA) is 35.5 Å². The summed E-state index contributed by atoms with van der Waals surface area (Å²) in [6.07, 6.45) is 9.28. The largest absolute Gasteiger partial charge is 0.426 e. The lowest BCUT2D eigenvalue weighted by atomic mass is 9.94. The highest BCUT2D eigenvalue weighted by molar-refractivity contribution is 5.77. The Balaban J connectivity index is 2.01. The Hall–Kier alpha value is -1.35. The number of hydrogen-bond acceptors (Lipinski definition) is 3. The summed E-state index contributed by atoms with van der Waals surface area (Å²) in [6, 6.07) is 0. The maximum Gasteiger partial charge on any atom is 0.316 e. The van der Waals surface area contributed by atoms with Gasteiger partial charge in [0, 0.05) is 5.57 Å². The molecule has 0 amide bonds. The summed E-state index contributed by atoms with van der Waals surface area (Å²) in [5.41, 5.74) is 1.40. The normalized spacial score (nSPS) is 32.0. The van der Waals surface area contributed by atoms with Crippen LogP contribution < -0.4 is 0 Å². The Morgan fingerprint density at radius 3 is 2.90 bits per heavy atom. The van der Waals surface area contributed by atoms with Crippen LogP contribution in [0.15, 0.2) is 35.1 Å². The predicted molar refractivity (Wildman–Crippen MR) is 76.9 cm³/mol. The van der Waals surface area contributed by atoms with Crippen LogP contribution in [-0.4, -0.2) is 17.7 Å². The van der Waals surface area contributed by atoms with E-state index in [-0.39, 0.29) is 17.7 Å². The van der Waals surface area contributed by atoms with Crippen molar-refractivity contribution in [1.82, 2.24) is 0 Å². The van der Waals surface area contributed by atoms with E-state index in [2.05, 4.69) is 12.2 Å². The van der Waals surface area contributed by atoms with Gasteiger partial charge >= 0.3 is 5.97 Å². The molecule has 108 valence electrons. The standard InChI is InChI=1S/C17H22O3/c1-11-10-14(19-15(18)16(2,3)4)12-6-5-8-17(12)9-7-13(11)20-17/h7,9-10,13H,5-6,8H2,1-4H3/t13-,17+/m1/s1. The molecule has 3 nitrogen and oxygen atoms in total. The van der Waals surface area contributed by atoms with E-state index in [0.717, 1.165) is 30.4 Å². The lowest BCUT2D eigenvalue weighted by Crippen LogP contribution is -2.29. The van der Waals surface area contributed by atoms with Crippen molar-refractivity contribution >= 4 is 5.97 Å². The first-order valence-electron chi connectivity index (χ1n) is 7.33. The van der Waals surface area contributed by atoms with E-state index in [1.807, 2.05) is 33.8 Å². The maximum atomic E-state index is 12.2. The van der Waals surface area contributed by atoms with Crippen molar-refractivity contribution < 1.29 is 14.3 Å². The minimum absolute atomic E-state index is 0.0222. The van der Waals surface area contributed by atoms with Gasteiger partial charge in [-0.15, -0.1) is 0 Å². The first-order chi connectivity index (χ1) is 9.32. The minimum Gasteiger partial charge on any atom is -0.426 e. The third kappa shape index (κ3) is 2.05. The molecular formula is C17H22O3. The second-order valence-electron chi connectivity index (χ2n) is 7.01. The Labute approximate surface area is 120 Å². The SMILES string of the molecule is CC1=CC(OC(=O)C(C)(C)C)=C2CCC[C@]23C=C[C@H]1O3. The monoisotopic (exact) mass is 274 g/mol. The fraction of sp³-hybridized carbons (Fsp3) is 0.588. The molecule has 3 aliphatic rings. The van der Waals surface area contributed by atoms with Crippen molar-refractivity contribution in [1.29, 1.82) is 0 Å². The van der Waals surface area contributed by atoms with E-state index in [0.29, 0.717) is 5.76 Å². The van der Waals surface area contributed by atoms with Gasteiger partial charge in [-0.05, 0) is 64.7 Å². The molecule has 2 atom stereocenters. The van der Waals surface area contributed by atoms with Crippen LogP contribution in [0.25, 0.3) is 0 Å². The molecule has 2 bridgehead atoms. The second-order valence-corrected chi connectivity index (χ2v) is 7.01. The van der Waals surface area contributed by atoms with Crippen molar-refractivity contribution in [3.63, 3.8) is 0 Å². The molecule has 0 saturated heterocycles. The van der Waals surface area contributed by atoms with Gasteiger partial charge in [0.25, 0.3) is 0 Å². The molecule has 20 heavy (non-hydrogen) atoms. The van der Waals surface area contributed by atoms with Crippen molar-refractivity contribution in [2.45, 2.75) is 58.7 Å². The Kier molecular flexibility index (Phi) is 2.94. The highest BCUT2D eigenvalue weighted by Crippen LogP contribution is 2.48. The number of ether oxygens (including phenoxy) is 2. The lowest BCUT2D eigenvalue weighted by Gasteiger charge is -2.25. The summed E-state index contributed by atoms with van der Waals surface area (Å²) >= 11 is 0. The molecule has 1 fully saturated rings. The third-order valence-electron chi connectivity index (χ3n) is 4.28. The Bertz CT molecular complexity index is 545. The van der Waals surface area contributed by atoms with Gasteiger partial charge in [-0.25, -0.2) is 0 Å². The number of fused-ring (bicyclic) bond motifs is 1. The number of carbonyl (C=O) groups is 1. The quantitative estimate of drug-likeness (QED) is 0.540. The van der Waals surface area contributed by atoms with E-state index in [1.54, 1.807) is 0 Å².